The van der Waals surface area contributed by atoms with Crippen LogP contribution in [0, 0.1) is 5.92 Å². The van der Waals surface area contributed by atoms with E-state index in [4.69, 9.17) is 15.6 Å². The van der Waals surface area contributed by atoms with Crippen LogP contribution in [0.1, 0.15) is 45.6 Å². The monoisotopic (exact) mass is 450 g/mol. The minimum absolute atomic E-state index is 0.110. The molecule has 0 aliphatic rings. The molecule has 0 spiro atoms. The van der Waals surface area contributed by atoms with Gasteiger partial charge < -0.3 is 31.5 Å². The van der Waals surface area contributed by atoms with Crippen LogP contribution in [0.4, 0.5) is 15.3 Å². The maximum Gasteiger partial charge on any atom is 0.405 e. The van der Waals surface area contributed by atoms with Gasteiger partial charge in [0, 0.05) is 31.5 Å². The lowest BCUT2D eigenvalue weighted by Gasteiger charge is -2.25. The number of ketones is 1. The molecule has 0 aliphatic carbocycles. The van der Waals surface area contributed by atoms with Gasteiger partial charge >= 0.3 is 18.1 Å². The van der Waals surface area contributed by atoms with Crippen LogP contribution >= 0.6 is 0 Å². The van der Waals surface area contributed by atoms with Crippen molar-refractivity contribution in [3.05, 3.63) is 29.8 Å². The number of Topliss-reactive ketones (excluding diaryl/α,β-unsaturated/α-hetero) is 1. The number of amides is 4. The minimum atomic E-state index is -1.37. The zero-order valence-corrected chi connectivity index (χ0v) is 18.4. The molecule has 1 aromatic carbocycles. The Balaban J connectivity index is 2.84. The standard InChI is InChI=1S/C21H30N4O7/c1-13(26)32-12-14-6-8-16(9-7-14)24-18(28)15(5-4-10-23-19(22)29)11-17(27)21(2,3)25-20(30)31/h6-9,15,25H,4-5,10-12H2,1-3H3,(H,24,28)(H,30,31)(H3,22,23,29). The van der Waals surface area contributed by atoms with Gasteiger partial charge in [-0.2, -0.15) is 0 Å². The van der Waals surface area contributed by atoms with Crippen molar-refractivity contribution in [1.82, 2.24) is 10.6 Å². The number of benzene rings is 1. The molecule has 0 heterocycles. The number of primary amides is 1. The van der Waals surface area contributed by atoms with Gasteiger partial charge in [0.05, 0.1) is 5.54 Å². The molecule has 1 atom stereocenters. The minimum Gasteiger partial charge on any atom is -0.465 e. The Bertz CT molecular complexity index is 837. The molecule has 4 amide bonds. The number of hydrogen-bond donors (Lipinski definition) is 5. The van der Waals surface area contributed by atoms with Crippen LogP contribution in [-0.4, -0.2) is 47.0 Å². The molecular formula is C21H30N4O7. The molecule has 0 aromatic heterocycles. The van der Waals surface area contributed by atoms with E-state index in [9.17, 15) is 24.0 Å². The zero-order chi connectivity index (χ0) is 24.3. The van der Waals surface area contributed by atoms with E-state index in [1.807, 2.05) is 0 Å². The highest BCUT2D eigenvalue weighted by Crippen LogP contribution is 2.20. The summed E-state index contributed by atoms with van der Waals surface area (Å²) in [7, 11) is 0. The summed E-state index contributed by atoms with van der Waals surface area (Å²) < 4.78 is 4.91. The Labute approximate surface area is 186 Å². The summed E-state index contributed by atoms with van der Waals surface area (Å²) >= 11 is 0. The van der Waals surface area contributed by atoms with Gasteiger partial charge in [0.25, 0.3) is 0 Å². The Morgan fingerprint density at radius 3 is 2.28 bits per heavy atom. The molecule has 1 aromatic rings. The number of nitrogens with one attached hydrogen (secondary N) is 3. The summed E-state index contributed by atoms with van der Waals surface area (Å²) in [5.74, 6) is -2.02. The molecular weight excluding hydrogens is 420 g/mol. The molecule has 0 bridgehead atoms. The summed E-state index contributed by atoms with van der Waals surface area (Å²) in [5, 5.41) is 16.2. The number of carbonyl (C=O) groups is 5. The average Bonchev–Trinajstić information content (AvgIpc) is 2.68. The lowest BCUT2D eigenvalue weighted by molar-refractivity contribution is -0.142. The average molecular weight is 450 g/mol. The highest BCUT2D eigenvalue weighted by atomic mass is 16.5. The van der Waals surface area contributed by atoms with E-state index in [2.05, 4.69) is 16.0 Å². The van der Waals surface area contributed by atoms with E-state index in [0.717, 1.165) is 5.56 Å². The molecule has 0 fully saturated rings. The number of nitrogens with two attached hydrogens (primary N) is 1. The first-order valence-electron chi connectivity index (χ1n) is 10.0. The third-order valence-electron chi connectivity index (χ3n) is 4.61. The topological polar surface area (TPSA) is 177 Å². The smallest absolute Gasteiger partial charge is 0.405 e. The molecule has 0 aliphatic heterocycles. The van der Waals surface area contributed by atoms with Crippen molar-refractivity contribution in [1.29, 1.82) is 0 Å². The first-order valence-corrected chi connectivity index (χ1v) is 10.0. The molecule has 176 valence electrons. The number of carboxylic acid groups (broad SMARTS) is 1. The fourth-order valence-corrected chi connectivity index (χ4v) is 2.82. The van der Waals surface area contributed by atoms with E-state index < -0.39 is 41.2 Å². The van der Waals surface area contributed by atoms with Crippen molar-refractivity contribution in [2.75, 3.05) is 11.9 Å². The number of esters is 1. The lowest BCUT2D eigenvalue weighted by atomic mass is 9.88. The predicted octanol–water partition coefficient (Wildman–Crippen LogP) is 1.76. The fraction of sp³-hybridized carbons (Fsp3) is 0.476. The Hall–Kier alpha value is -3.63. The van der Waals surface area contributed by atoms with Crippen molar-refractivity contribution in [2.24, 2.45) is 11.7 Å². The molecule has 0 saturated carbocycles. The fourth-order valence-electron chi connectivity index (χ4n) is 2.82. The first-order chi connectivity index (χ1) is 14.9. The molecule has 6 N–H and O–H groups in total. The van der Waals surface area contributed by atoms with Crippen LogP contribution in [-0.2, 0) is 25.7 Å². The summed E-state index contributed by atoms with van der Waals surface area (Å²) in [6.07, 6.45) is -0.877. The molecule has 1 unspecified atom stereocenters. The van der Waals surface area contributed by atoms with Gasteiger partial charge in [-0.3, -0.25) is 14.4 Å². The Kier molecular flexibility index (Phi) is 10.1. The molecule has 0 saturated heterocycles. The zero-order valence-electron chi connectivity index (χ0n) is 18.4. The first kappa shape index (κ1) is 26.4. The van der Waals surface area contributed by atoms with E-state index in [1.165, 1.54) is 20.8 Å². The van der Waals surface area contributed by atoms with Gasteiger partial charge in [0.1, 0.15) is 6.61 Å². The maximum atomic E-state index is 12.8. The van der Waals surface area contributed by atoms with Gasteiger partial charge in [0.15, 0.2) is 5.78 Å². The Morgan fingerprint density at radius 1 is 1.12 bits per heavy atom. The molecule has 0 radical (unpaired) electrons. The summed E-state index contributed by atoms with van der Waals surface area (Å²) in [6.45, 7) is 4.50. The largest absolute Gasteiger partial charge is 0.465 e. The van der Waals surface area contributed by atoms with Gasteiger partial charge in [0.2, 0.25) is 5.91 Å². The molecule has 1 rings (SSSR count). The van der Waals surface area contributed by atoms with Crippen LogP contribution in [0.15, 0.2) is 24.3 Å². The van der Waals surface area contributed by atoms with Crippen molar-refractivity contribution in [3.63, 3.8) is 0 Å². The van der Waals surface area contributed by atoms with Crippen molar-refractivity contribution < 1.29 is 33.8 Å². The second-order valence-corrected chi connectivity index (χ2v) is 7.78. The van der Waals surface area contributed by atoms with E-state index >= 15 is 0 Å². The summed E-state index contributed by atoms with van der Waals surface area (Å²) in [4.78, 5) is 58.2. The van der Waals surface area contributed by atoms with Crippen molar-refractivity contribution >= 4 is 35.5 Å². The SMILES string of the molecule is CC(=O)OCc1ccc(NC(=O)C(CCCNC(N)=O)CC(=O)C(C)(C)NC(=O)O)cc1. The summed E-state index contributed by atoms with van der Waals surface area (Å²) in [5.41, 5.74) is 4.89. The summed E-state index contributed by atoms with van der Waals surface area (Å²) in [6, 6.07) is 5.97. The lowest BCUT2D eigenvalue weighted by Crippen LogP contribution is -2.50. The van der Waals surface area contributed by atoms with Crippen molar-refractivity contribution in [3.8, 4) is 0 Å². The molecule has 11 nitrogen and oxygen atoms in total. The molecule has 11 heteroatoms. The number of ether oxygens (including phenoxy) is 1. The van der Waals surface area contributed by atoms with Crippen molar-refractivity contribution in [2.45, 2.75) is 52.2 Å². The van der Waals surface area contributed by atoms with Gasteiger partial charge in [-0.15, -0.1) is 0 Å². The second-order valence-electron chi connectivity index (χ2n) is 7.78. The van der Waals surface area contributed by atoms with Gasteiger partial charge in [-0.1, -0.05) is 12.1 Å². The maximum absolute atomic E-state index is 12.8. The highest BCUT2D eigenvalue weighted by Gasteiger charge is 2.33. The van der Waals surface area contributed by atoms with E-state index in [0.29, 0.717) is 12.1 Å². The number of urea groups is 1. The van der Waals surface area contributed by atoms with Crippen LogP contribution in [0.3, 0.4) is 0 Å². The number of rotatable bonds is 12. The predicted molar refractivity (Wildman–Crippen MR) is 116 cm³/mol. The quantitative estimate of drug-likeness (QED) is 0.238. The number of hydrogen-bond acceptors (Lipinski definition) is 6. The van der Waals surface area contributed by atoms with E-state index in [1.54, 1.807) is 24.3 Å². The van der Waals surface area contributed by atoms with Crippen LogP contribution in [0.2, 0.25) is 0 Å². The number of carbonyl (C=O) groups excluding carboxylic acids is 4. The third-order valence-corrected chi connectivity index (χ3v) is 4.61. The third kappa shape index (κ3) is 9.92. The van der Waals surface area contributed by atoms with Crippen LogP contribution in [0.25, 0.3) is 0 Å². The Morgan fingerprint density at radius 2 is 1.75 bits per heavy atom. The van der Waals surface area contributed by atoms with Crippen LogP contribution in [0.5, 0.6) is 0 Å². The molecule has 32 heavy (non-hydrogen) atoms. The van der Waals surface area contributed by atoms with Gasteiger partial charge in [-0.05, 0) is 44.4 Å². The van der Waals surface area contributed by atoms with Gasteiger partial charge in [-0.25, -0.2) is 9.59 Å². The van der Waals surface area contributed by atoms with E-state index in [-0.39, 0.29) is 26.0 Å². The second kappa shape index (κ2) is 12.3. The highest BCUT2D eigenvalue weighted by molar-refractivity contribution is 5.98. The normalized spacial score (nSPS) is 11.7. The number of anilines is 1. The van der Waals surface area contributed by atoms with Crippen LogP contribution < -0.4 is 21.7 Å².